The Morgan fingerprint density at radius 1 is 1.32 bits per heavy atom. The predicted molar refractivity (Wildman–Crippen MR) is 78.3 cm³/mol. The Hall–Kier alpha value is -1.10. The molecule has 1 N–H and O–H groups in total. The van der Waals surface area contributed by atoms with Crippen molar-refractivity contribution in [3.63, 3.8) is 0 Å². The number of aromatic carboxylic acids is 1. The average molecular weight is 282 g/mol. The molecule has 2 atom stereocenters. The molecule has 0 bridgehead atoms. The van der Waals surface area contributed by atoms with Gasteiger partial charge in [-0.3, -0.25) is 0 Å². The van der Waals surface area contributed by atoms with Crippen molar-refractivity contribution in [2.45, 2.75) is 40.0 Å². The Morgan fingerprint density at radius 3 is 2.21 bits per heavy atom. The molecule has 2 unspecified atom stereocenters. The summed E-state index contributed by atoms with van der Waals surface area (Å²) in [6.45, 7) is 12.4. The quantitative estimate of drug-likeness (QED) is 0.905. The molecule has 5 heteroatoms. The van der Waals surface area contributed by atoms with Crippen molar-refractivity contribution in [1.82, 2.24) is 4.98 Å². The molecular weight excluding hydrogens is 260 g/mol. The second-order valence-electron chi connectivity index (χ2n) is 6.59. The van der Waals surface area contributed by atoms with Gasteiger partial charge in [0.05, 0.1) is 5.69 Å². The zero-order chi connectivity index (χ0) is 14.4. The van der Waals surface area contributed by atoms with Crippen LogP contribution in [0.5, 0.6) is 0 Å². The van der Waals surface area contributed by atoms with Gasteiger partial charge >= 0.3 is 5.97 Å². The predicted octanol–water partition coefficient (Wildman–Crippen LogP) is 3.23. The van der Waals surface area contributed by atoms with Crippen LogP contribution in [0.3, 0.4) is 0 Å². The van der Waals surface area contributed by atoms with Gasteiger partial charge in [0.2, 0.25) is 0 Å². The van der Waals surface area contributed by atoms with E-state index in [1.807, 2.05) is 20.8 Å². The summed E-state index contributed by atoms with van der Waals surface area (Å²) in [5.41, 5.74) is 0.464. The molecule has 0 amide bonds. The number of carboxylic acid groups (broad SMARTS) is 1. The van der Waals surface area contributed by atoms with Crippen molar-refractivity contribution < 1.29 is 9.90 Å². The summed E-state index contributed by atoms with van der Waals surface area (Å²) in [5, 5.41) is 10.2. The Morgan fingerprint density at radius 2 is 1.84 bits per heavy atom. The van der Waals surface area contributed by atoms with Crippen LogP contribution in [0.25, 0.3) is 0 Å². The van der Waals surface area contributed by atoms with Crippen LogP contribution in [0.15, 0.2) is 0 Å². The summed E-state index contributed by atoms with van der Waals surface area (Å²) in [6.07, 6.45) is 0. The molecule has 2 rings (SSSR count). The van der Waals surface area contributed by atoms with Gasteiger partial charge in [0.15, 0.2) is 5.13 Å². The van der Waals surface area contributed by atoms with E-state index in [1.54, 1.807) is 0 Å². The summed E-state index contributed by atoms with van der Waals surface area (Å²) in [6, 6.07) is 0. The van der Waals surface area contributed by atoms with E-state index in [-0.39, 0.29) is 5.41 Å². The molecule has 1 aromatic rings. The molecule has 19 heavy (non-hydrogen) atoms. The number of hydrogen-bond acceptors (Lipinski definition) is 4. The molecule has 4 nitrogen and oxygen atoms in total. The highest BCUT2D eigenvalue weighted by molar-refractivity contribution is 7.17. The molecule has 1 aromatic heterocycles. The van der Waals surface area contributed by atoms with Crippen molar-refractivity contribution in [3.05, 3.63) is 10.6 Å². The molecule has 0 aromatic carbocycles. The molecule has 2 heterocycles. The average Bonchev–Trinajstić information content (AvgIpc) is 2.82. The highest BCUT2D eigenvalue weighted by atomic mass is 32.1. The van der Waals surface area contributed by atoms with Gasteiger partial charge in [-0.2, -0.15) is 0 Å². The van der Waals surface area contributed by atoms with Crippen LogP contribution in [-0.4, -0.2) is 29.1 Å². The van der Waals surface area contributed by atoms with E-state index in [2.05, 4.69) is 23.7 Å². The van der Waals surface area contributed by atoms with Gasteiger partial charge in [0.1, 0.15) is 4.88 Å². The van der Waals surface area contributed by atoms with Crippen molar-refractivity contribution in [3.8, 4) is 0 Å². The first-order chi connectivity index (χ1) is 8.70. The molecule has 0 radical (unpaired) electrons. The maximum atomic E-state index is 11.4. The Kier molecular flexibility index (Phi) is 3.60. The smallest absolute Gasteiger partial charge is 0.347 e. The maximum Gasteiger partial charge on any atom is 0.347 e. The number of hydrogen-bond donors (Lipinski definition) is 1. The van der Waals surface area contributed by atoms with Gasteiger partial charge < -0.3 is 10.0 Å². The molecule has 1 aliphatic rings. The Balaban J connectivity index is 2.36. The SMILES string of the molecule is CC1CN(c2nc(C(C)(C)C)c(C(=O)O)s2)CC1C. The van der Waals surface area contributed by atoms with Gasteiger partial charge in [-0.15, -0.1) is 0 Å². The molecule has 1 saturated heterocycles. The highest BCUT2D eigenvalue weighted by Gasteiger charge is 2.32. The van der Waals surface area contributed by atoms with E-state index >= 15 is 0 Å². The lowest BCUT2D eigenvalue weighted by Gasteiger charge is -2.17. The molecule has 1 fully saturated rings. The standard InChI is InChI=1S/C14H22N2O2S/c1-8-6-16(7-9(8)2)13-15-11(14(3,4)5)10(19-13)12(17)18/h8-9H,6-7H2,1-5H3,(H,17,18). The van der Waals surface area contributed by atoms with Crippen LogP contribution < -0.4 is 4.90 Å². The zero-order valence-corrected chi connectivity index (χ0v) is 13.0. The first-order valence-electron chi connectivity index (χ1n) is 6.69. The number of rotatable bonds is 2. The number of thiazole rings is 1. The van der Waals surface area contributed by atoms with Gasteiger partial charge in [0, 0.05) is 18.5 Å². The number of nitrogens with zero attached hydrogens (tertiary/aromatic N) is 2. The van der Waals surface area contributed by atoms with Crippen molar-refractivity contribution in [1.29, 1.82) is 0 Å². The molecule has 0 spiro atoms. The topological polar surface area (TPSA) is 53.4 Å². The van der Waals surface area contributed by atoms with E-state index < -0.39 is 5.97 Å². The number of carboxylic acids is 1. The van der Waals surface area contributed by atoms with Gasteiger partial charge in [-0.25, -0.2) is 9.78 Å². The van der Waals surface area contributed by atoms with Crippen LogP contribution in [0.1, 0.15) is 50.0 Å². The minimum absolute atomic E-state index is 0.237. The third kappa shape index (κ3) is 2.76. The van der Waals surface area contributed by atoms with Crippen molar-refractivity contribution in [2.24, 2.45) is 11.8 Å². The van der Waals surface area contributed by atoms with Crippen LogP contribution in [0.2, 0.25) is 0 Å². The maximum absolute atomic E-state index is 11.4. The van der Waals surface area contributed by atoms with Gasteiger partial charge in [-0.05, 0) is 11.8 Å². The molecule has 0 aliphatic carbocycles. The third-order valence-corrected chi connectivity index (χ3v) is 4.88. The second-order valence-corrected chi connectivity index (χ2v) is 7.57. The fraction of sp³-hybridized carbons (Fsp3) is 0.714. The lowest BCUT2D eigenvalue weighted by atomic mass is 9.91. The monoisotopic (exact) mass is 282 g/mol. The summed E-state index contributed by atoms with van der Waals surface area (Å²) in [5.74, 6) is 0.402. The van der Waals surface area contributed by atoms with E-state index in [4.69, 9.17) is 0 Å². The van der Waals surface area contributed by atoms with Crippen LogP contribution in [0, 0.1) is 11.8 Å². The molecule has 1 aliphatic heterocycles. The summed E-state index contributed by atoms with van der Waals surface area (Å²) in [4.78, 5) is 18.6. The first kappa shape index (κ1) is 14.3. The fourth-order valence-electron chi connectivity index (χ4n) is 2.38. The summed E-state index contributed by atoms with van der Waals surface area (Å²) < 4.78 is 0. The Bertz CT molecular complexity index is 480. The molecule has 0 saturated carbocycles. The number of aromatic nitrogens is 1. The van der Waals surface area contributed by atoms with E-state index in [0.29, 0.717) is 22.4 Å². The Labute approximate surface area is 118 Å². The van der Waals surface area contributed by atoms with Crippen LogP contribution >= 0.6 is 11.3 Å². The van der Waals surface area contributed by atoms with Gasteiger partial charge in [-0.1, -0.05) is 46.0 Å². The lowest BCUT2D eigenvalue weighted by Crippen LogP contribution is -2.20. The first-order valence-corrected chi connectivity index (χ1v) is 7.51. The van der Waals surface area contributed by atoms with Crippen molar-refractivity contribution >= 4 is 22.4 Å². The highest BCUT2D eigenvalue weighted by Crippen LogP contribution is 2.36. The van der Waals surface area contributed by atoms with E-state index in [0.717, 1.165) is 18.2 Å². The lowest BCUT2D eigenvalue weighted by molar-refractivity contribution is 0.0699. The third-order valence-electron chi connectivity index (χ3n) is 3.78. The summed E-state index contributed by atoms with van der Waals surface area (Å²) in [7, 11) is 0. The van der Waals surface area contributed by atoms with E-state index in [9.17, 15) is 9.90 Å². The minimum atomic E-state index is -0.867. The second kappa shape index (κ2) is 4.78. The normalized spacial score (nSPS) is 23.9. The fourth-order valence-corrected chi connectivity index (χ4v) is 3.52. The summed E-state index contributed by atoms with van der Waals surface area (Å²) >= 11 is 1.31. The van der Waals surface area contributed by atoms with Crippen molar-refractivity contribution in [2.75, 3.05) is 18.0 Å². The minimum Gasteiger partial charge on any atom is -0.477 e. The van der Waals surface area contributed by atoms with Crippen LogP contribution in [0.4, 0.5) is 5.13 Å². The zero-order valence-electron chi connectivity index (χ0n) is 12.2. The van der Waals surface area contributed by atoms with E-state index in [1.165, 1.54) is 11.3 Å². The molecular formula is C14H22N2O2S. The largest absolute Gasteiger partial charge is 0.477 e. The number of anilines is 1. The van der Waals surface area contributed by atoms with Crippen LogP contribution in [-0.2, 0) is 5.41 Å². The number of carbonyl (C=O) groups is 1. The van der Waals surface area contributed by atoms with Gasteiger partial charge in [0.25, 0.3) is 0 Å². The molecule has 106 valence electrons.